The summed E-state index contributed by atoms with van der Waals surface area (Å²) in [6.07, 6.45) is 5.66. The maximum Gasteiger partial charge on any atom is 0.224 e. The van der Waals surface area contributed by atoms with Crippen molar-refractivity contribution in [3.63, 3.8) is 0 Å². The van der Waals surface area contributed by atoms with Gasteiger partial charge in [0.25, 0.3) is 0 Å². The normalized spacial score (nSPS) is 15.4. The molecule has 0 aromatic heterocycles. The number of nitrogens with one attached hydrogen (secondary N) is 1. The first-order valence-corrected chi connectivity index (χ1v) is 9.61. The molecule has 3 N–H and O–H groups in total. The highest BCUT2D eigenvalue weighted by atomic mass is 16.1. The number of nitrogens with two attached hydrogens (primary N) is 1. The lowest BCUT2D eigenvalue weighted by Crippen LogP contribution is -2.27. The van der Waals surface area contributed by atoms with Gasteiger partial charge in [-0.15, -0.1) is 0 Å². The molecule has 1 aliphatic heterocycles. The predicted molar refractivity (Wildman–Crippen MR) is 107 cm³/mol. The summed E-state index contributed by atoms with van der Waals surface area (Å²) in [7, 11) is 0. The van der Waals surface area contributed by atoms with Crippen LogP contribution in [0.5, 0.6) is 0 Å². The first-order valence-electron chi connectivity index (χ1n) is 9.61. The van der Waals surface area contributed by atoms with Gasteiger partial charge in [-0.3, -0.25) is 9.69 Å². The fourth-order valence-corrected chi connectivity index (χ4v) is 3.50. The van der Waals surface area contributed by atoms with Crippen molar-refractivity contribution in [2.75, 3.05) is 18.8 Å². The number of carbonyl (C=O) groups excluding carboxylic acids is 1. The Morgan fingerprint density at radius 2 is 1.58 bits per heavy atom. The molecule has 1 heterocycles. The maximum absolute atomic E-state index is 12.3. The second kappa shape index (κ2) is 9.39. The largest absolute Gasteiger partial charge is 0.399 e. The zero-order valence-corrected chi connectivity index (χ0v) is 15.4. The maximum atomic E-state index is 12.3. The number of benzene rings is 2. The lowest BCUT2D eigenvalue weighted by molar-refractivity contribution is -0.120. The summed E-state index contributed by atoms with van der Waals surface area (Å²) >= 11 is 0. The molecule has 1 fully saturated rings. The number of anilines is 1. The van der Waals surface area contributed by atoms with Crippen LogP contribution in [0.25, 0.3) is 0 Å². The quantitative estimate of drug-likeness (QED) is 0.783. The Morgan fingerprint density at radius 1 is 0.923 bits per heavy atom. The van der Waals surface area contributed by atoms with E-state index in [1.165, 1.54) is 49.9 Å². The molecule has 4 nitrogen and oxygen atoms in total. The molecule has 0 atom stereocenters. The van der Waals surface area contributed by atoms with E-state index in [0.29, 0.717) is 13.0 Å². The van der Waals surface area contributed by atoms with Crippen molar-refractivity contribution < 1.29 is 4.79 Å². The number of carbonyl (C=O) groups is 1. The predicted octanol–water partition coefficient (Wildman–Crippen LogP) is 3.50. The fraction of sp³-hybridized carbons (Fsp3) is 0.409. The van der Waals surface area contributed by atoms with Crippen molar-refractivity contribution in [1.29, 1.82) is 0 Å². The lowest BCUT2D eigenvalue weighted by Gasteiger charge is -2.21. The van der Waals surface area contributed by atoms with Gasteiger partial charge in [-0.1, -0.05) is 49.2 Å². The van der Waals surface area contributed by atoms with Crippen molar-refractivity contribution in [3.05, 3.63) is 65.2 Å². The van der Waals surface area contributed by atoms with Crippen molar-refractivity contribution >= 4 is 11.6 Å². The van der Waals surface area contributed by atoms with Gasteiger partial charge < -0.3 is 11.1 Å². The first kappa shape index (κ1) is 18.5. The molecule has 138 valence electrons. The Balaban J connectivity index is 1.55. The van der Waals surface area contributed by atoms with Crippen LogP contribution in [0.2, 0.25) is 0 Å². The Morgan fingerprint density at radius 3 is 2.27 bits per heavy atom. The summed E-state index contributed by atoms with van der Waals surface area (Å²) in [6, 6.07) is 15.9. The van der Waals surface area contributed by atoms with Gasteiger partial charge in [0.15, 0.2) is 0 Å². The van der Waals surface area contributed by atoms with E-state index in [0.717, 1.165) is 17.8 Å². The molecular formula is C22H29N3O. The molecule has 1 aliphatic rings. The summed E-state index contributed by atoms with van der Waals surface area (Å²) in [6.45, 7) is 3.91. The number of rotatable bonds is 6. The molecular weight excluding hydrogens is 322 g/mol. The van der Waals surface area contributed by atoms with Crippen LogP contribution in [-0.4, -0.2) is 23.9 Å². The van der Waals surface area contributed by atoms with Gasteiger partial charge in [0.05, 0.1) is 6.42 Å². The number of likely N-dealkylation sites (tertiary alicyclic amines) is 1. The molecule has 0 aliphatic carbocycles. The molecule has 0 bridgehead atoms. The minimum absolute atomic E-state index is 0.0411. The van der Waals surface area contributed by atoms with E-state index in [1.54, 1.807) is 0 Å². The monoisotopic (exact) mass is 351 g/mol. The van der Waals surface area contributed by atoms with Crippen molar-refractivity contribution in [3.8, 4) is 0 Å². The minimum Gasteiger partial charge on any atom is -0.399 e. The van der Waals surface area contributed by atoms with E-state index in [2.05, 4.69) is 28.4 Å². The zero-order chi connectivity index (χ0) is 18.2. The van der Waals surface area contributed by atoms with Crippen LogP contribution in [0.15, 0.2) is 48.5 Å². The number of hydrogen-bond donors (Lipinski definition) is 2. The summed E-state index contributed by atoms with van der Waals surface area (Å²) in [5.74, 6) is 0.0411. The van der Waals surface area contributed by atoms with Crippen LogP contribution < -0.4 is 11.1 Å². The second-order valence-corrected chi connectivity index (χ2v) is 7.15. The topological polar surface area (TPSA) is 58.4 Å². The molecule has 4 heteroatoms. The summed E-state index contributed by atoms with van der Waals surface area (Å²) in [4.78, 5) is 14.8. The smallest absolute Gasteiger partial charge is 0.224 e. The third-order valence-corrected chi connectivity index (χ3v) is 5.03. The van der Waals surface area contributed by atoms with Gasteiger partial charge in [-0.25, -0.2) is 0 Å². The fourth-order valence-electron chi connectivity index (χ4n) is 3.50. The average molecular weight is 351 g/mol. The van der Waals surface area contributed by atoms with E-state index < -0.39 is 0 Å². The molecule has 0 saturated carbocycles. The van der Waals surface area contributed by atoms with Crippen molar-refractivity contribution in [2.24, 2.45) is 0 Å². The molecule has 26 heavy (non-hydrogen) atoms. The minimum atomic E-state index is 0.0411. The van der Waals surface area contributed by atoms with Crippen LogP contribution in [0.3, 0.4) is 0 Å². The van der Waals surface area contributed by atoms with Gasteiger partial charge in [-0.05, 0) is 54.8 Å². The molecule has 0 radical (unpaired) electrons. The highest BCUT2D eigenvalue weighted by Gasteiger charge is 2.12. The summed E-state index contributed by atoms with van der Waals surface area (Å²) < 4.78 is 0. The van der Waals surface area contributed by atoms with E-state index >= 15 is 0 Å². The number of amides is 1. The lowest BCUT2D eigenvalue weighted by atomic mass is 10.1. The summed E-state index contributed by atoms with van der Waals surface area (Å²) in [5, 5.41) is 3.06. The second-order valence-electron chi connectivity index (χ2n) is 7.15. The highest BCUT2D eigenvalue weighted by molar-refractivity contribution is 5.78. The van der Waals surface area contributed by atoms with E-state index in [9.17, 15) is 4.79 Å². The highest BCUT2D eigenvalue weighted by Crippen LogP contribution is 2.16. The van der Waals surface area contributed by atoms with E-state index in [1.807, 2.05) is 30.3 Å². The van der Waals surface area contributed by atoms with Crippen molar-refractivity contribution in [1.82, 2.24) is 10.2 Å². The number of nitrogen functional groups attached to an aromatic ring is 1. The third-order valence-electron chi connectivity index (χ3n) is 5.03. The Labute approximate surface area is 156 Å². The van der Waals surface area contributed by atoms with Crippen LogP contribution in [0, 0.1) is 0 Å². The van der Waals surface area contributed by atoms with Gasteiger partial charge in [0, 0.05) is 18.8 Å². The van der Waals surface area contributed by atoms with Crippen LogP contribution >= 0.6 is 0 Å². The SMILES string of the molecule is Nc1ccc(CC(=O)NCc2ccccc2CN2CCCCCC2)cc1. The molecule has 0 unspecified atom stereocenters. The molecule has 0 spiro atoms. The van der Waals surface area contributed by atoms with Crippen molar-refractivity contribution in [2.45, 2.75) is 45.2 Å². The molecule has 2 aromatic rings. The van der Waals surface area contributed by atoms with Gasteiger partial charge in [0.1, 0.15) is 0 Å². The molecule has 1 saturated heterocycles. The van der Waals surface area contributed by atoms with Crippen LogP contribution in [-0.2, 0) is 24.3 Å². The molecule has 3 rings (SSSR count). The van der Waals surface area contributed by atoms with Gasteiger partial charge in [0.2, 0.25) is 5.91 Å². The molecule has 2 aromatic carbocycles. The average Bonchev–Trinajstić information content (AvgIpc) is 2.92. The van der Waals surface area contributed by atoms with E-state index in [4.69, 9.17) is 5.73 Å². The standard InChI is InChI=1S/C22H29N3O/c23-21-11-9-18(10-12-21)15-22(26)24-16-19-7-3-4-8-20(19)17-25-13-5-1-2-6-14-25/h3-4,7-12H,1-2,5-6,13-17,23H2,(H,24,26). The van der Waals surface area contributed by atoms with Gasteiger partial charge >= 0.3 is 0 Å². The zero-order valence-electron chi connectivity index (χ0n) is 15.4. The number of hydrogen-bond acceptors (Lipinski definition) is 3. The number of nitrogens with zero attached hydrogens (tertiary/aromatic N) is 1. The van der Waals surface area contributed by atoms with Gasteiger partial charge in [-0.2, -0.15) is 0 Å². The third kappa shape index (κ3) is 5.60. The first-order chi connectivity index (χ1) is 12.7. The molecule has 1 amide bonds. The van der Waals surface area contributed by atoms with E-state index in [-0.39, 0.29) is 5.91 Å². The van der Waals surface area contributed by atoms with Crippen LogP contribution in [0.4, 0.5) is 5.69 Å². The Kier molecular flexibility index (Phi) is 6.67. The van der Waals surface area contributed by atoms with Crippen LogP contribution in [0.1, 0.15) is 42.4 Å². The Bertz CT molecular complexity index is 704. The summed E-state index contributed by atoms with van der Waals surface area (Å²) in [5.41, 5.74) is 9.92. The Hall–Kier alpha value is -2.33.